The third kappa shape index (κ3) is 3.46. The molecule has 1 unspecified atom stereocenters. The molecule has 0 aromatic carbocycles. The first-order valence-corrected chi connectivity index (χ1v) is 7.84. The molecule has 5 heteroatoms. The number of aliphatic hydroxyl groups excluding tert-OH is 1. The summed E-state index contributed by atoms with van der Waals surface area (Å²) in [7, 11) is 1.90. The summed E-state index contributed by atoms with van der Waals surface area (Å²) in [6.45, 7) is 6.11. The molecule has 1 N–H and O–H groups in total. The smallest absolute Gasteiger partial charge is 0.247 e. The van der Waals surface area contributed by atoms with E-state index in [1.54, 1.807) is 0 Å². The van der Waals surface area contributed by atoms with Gasteiger partial charge in [-0.15, -0.1) is 0 Å². The normalized spacial score (nSPS) is 23.9. The Bertz CT molecular complexity index is 490. The first-order chi connectivity index (χ1) is 9.93. The SMILES string of the molecule is Cc1cc(C)n(C(C)C(=O)N(C)C2CCC(CO)CC2)n1. The predicted octanol–water partition coefficient (Wildman–Crippen LogP) is 2.07. The van der Waals surface area contributed by atoms with Crippen LogP contribution < -0.4 is 0 Å². The summed E-state index contributed by atoms with van der Waals surface area (Å²) in [4.78, 5) is 14.6. The molecular weight excluding hydrogens is 266 g/mol. The Kier molecular flexibility index (Phi) is 5.04. The summed E-state index contributed by atoms with van der Waals surface area (Å²) in [5.74, 6) is 0.534. The second kappa shape index (κ2) is 6.60. The number of hydrogen-bond acceptors (Lipinski definition) is 3. The van der Waals surface area contributed by atoms with Gasteiger partial charge in [-0.25, -0.2) is 0 Å². The first-order valence-electron chi connectivity index (χ1n) is 7.84. The minimum Gasteiger partial charge on any atom is -0.396 e. The minimum absolute atomic E-state index is 0.119. The Morgan fingerprint density at radius 2 is 2.05 bits per heavy atom. The van der Waals surface area contributed by atoms with Gasteiger partial charge in [-0.05, 0) is 58.4 Å². The van der Waals surface area contributed by atoms with Gasteiger partial charge in [-0.2, -0.15) is 5.10 Å². The third-order valence-electron chi connectivity index (χ3n) is 4.74. The monoisotopic (exact) mass is 293 g/mol. The molecule has 0 aliphatic heterocycles. The molecule has 1 aliphatic rings. The number of rotatable bonds is 4. The van der Waals surface area contributed by atoms with Crippen LogP contribution in [0, 0.1) is 19.8 Å². The van der Waals surface area contributed by atoms with Gasteiger partial charge in [0.05, 0.1) is 5.69 Å². The fourth-order valence-electron chi connectivity index (χ4n) is 3.33. The second-order valence-corrected chi connectivity index (χ2v) is 6.35. The number of carbonyl (C=O) groups is 1. The number of aliphatic hydroxyl groups is 1. The van der Waals surface area contributed by atoms with Crippen LogP contribution in [-0.2, 0) is 4.79 Å². The second-order valence-electron chi connectivity index (χ2n) is 6.35. The maximum absolute atomic E-state index is 12.7. The van der Waals surface area contributed by atoms with Gasteiger partial charge < -0.3 is 10.0 Å². The summed E-state index contributed by atoms with van der Waals surface area (Å²) in [5.41, 5.74) is 1.96. The molecule has 5 nitrogen and oxygen atoms in total. The molecule has 1 atom stereocenters. The van der Waals surface area contributed by atoms with Crippen LogP contribution in [0.25, 0.3) is 0 Å². The Labute approximate surface area is 126 Å². The molecule has 2 rings (SSSR count). The average Bonchev–Trinajstić information content (AvgIpc) is 2.83. The molecule has 1 aromatic rings. The average molecular weight is 293 g/mol. The van der Waals surface area contributed by atoms with Crippen LogP contribution in [0.15, 0.2) is 6.07 Å². The van der Waals surface area contributed by atoms with Crippen LogP contribution in [0.5, 0.6) is 0 Å². The molecule has 0 radical (unpaired) electrons. The zero-order chi connectivity index (χ0) is 15.6. The zero-order valence-electron chi connectivity index (χ0n) is 13.5. The molecule has 1 heterocycles. The van der Waals surface area contributed by atoms with E-state index < -0.39 is 0 Å². The maximum atomic E-state index is 12.7. The van der Waals surface area contributed by atoms with Crippen molar-refractivity contribution in [2.45, 2.75) is 58.5 Å². The van der Waals surface area contributed by atoms with Crippen LogP contribution in [0.3, 0.4) is 0 Å². The fourth-order valence-corrected chi connectivity index (χ4v) is 3.33. The third-order valence-corrected chi connectivity index (χ3v) is 4.74. The number of nitrogens with zero attached hydrogens (tertiary/aromatic N) is 3. The largest absolute Gasteiger partial charge is 0.396 e. The van der Waals surface area contributed by atoms with Crippen molar-refractivity contribution in [2.75, 3.05) is 13.7 Å². The maximum Gasteiger partial charge on any atom is 0.247 e. The van der Waals surface area contributed by atoms with E-state index >= 15 is 0 Å². The summed E-state index contributed by atoms with van der Waals surface area (Å²) in [6, 6.07) is 2.02. The fraction of sp³-hybridized carbons (Fsp3) is 0.750. The predicted molar refractivity (Wildman–Crippen MR) is 82.0 cm³/mol. The lowest BCUT2D eigenvalue weighted by Crippen LogP contribution is -2.43. The van der Waals surface area contributed by atoms with Crippen LogP contribution in [0.1, 0.15) is 50.0 Å². The van der Waals surface area contributed by atoms with E-state index in [0.717, 1.165) is 37.1 Å². The van der Waals surface area contributed by atoms with Gasteiger partial charge >= 0.3 is 0 Å². The van der Waals surface area contributed by atoms with Crippen molar-refractivity contribution >= 4 is 5.91 Å². The molecule has 0 bridgehead atoms. The lowest BCUT2D eigenvalue weighted by Gasteiger charge is -2.35. The first kappa shape index (κ1) is 16.0. The number of aryl methyl sites for hydroxylation is 2. The van der Waals surface area contributed by atoms with Crippen LogP contribution in [0.2, 0.25) is 0 Å². The molecular formula is C16H27N3O2. The van der Waals surface area contributed by atoms with E-state index in [9.17, 15) is 9.90 Å². The summed E-state index contributed by atoms with van der Waals surface area (Å²) in [6.07, 6.45) is 3.98. The Hall–Kier alpha value is -1.36. The van der Waals surface area contributed by atoms with Gasteiger partial charge in [0.15, 0.2) is 0 Å². The molecule has 1 aliphatic carbocycles. The molecule has 1 saturated carbocycles. The van der Waals surface area contributed by atoms with Crippen molar-refractivity contribution in [1.82, 2.24) is 14.7 Å². The lowest BCUT2D eigenvalue weighted by molar-refractivity contribution is -0.136. The highest BCUT2D eigenvalue weighted by atomic mass is 16.3. The zero-order valence-corrected chi connectivity index (χ0v) is 13.5. The topological polar surface area (TPSA) is 58.4 Å². The molecule has 118 valence electrons. The summed E-state index contributed by atoms with van der Waals surface area (Å²) < 4.78 is 1.81. The molecule has 1 fully saturated rings. The van der Waals surface area contributed by atoms with Crippen LogP contribution in [-0.4, -0.2) is 45.4 Å². The number of hydrogen-bond donors (Lipinski definition) is 1. The van der Waals surface area contributed by atoms with Gasteiger partial charge in [0, 0.05) is 25.4 Å². The molecule has 1 aromatic heterocycles. The molecule has 0 spiro atoms. The quantitative estimate of drug-likeness (QED) is 0.924. The van der Waals surface area contributed by atoms with E-state index in [4.69, 9.17) is 0 Å². The van der Waals surface area contributed by atoms with E-state index in [1.807, 2.05) is 43.5 Å². The molecule has 0 saturated heterocycles. The van der Waals surface area contributed by atoms with Crippen molar-refractivity contribution in [3.63, 3.8) is 0 Å². The van der Waals surface area contributed by atoms with E-state index in [1.165, 1.54) is 0 Å². The highest BCUT2D eigenvalue weighted by Gasteiger charge is 2.29. The minimum atomic E-state index is -0.265. The number of carbonyl (C=O) groups excluding carboxylic acids is 1. The van der Waals surface area contributed by atoms with E-state index in [-0.39, 0.29) is 18.6 Å². The van der Waals surface area contributed by atoms with Gasteiger partial charge in [-0.3, -0.25) is 9.48 Å². The van der Waals surface area contributed by atoms with Crippen molar-refractivity contribution in [2.24, 2.45) is 5.92 Å². The van der Waals surface area contributed by atoms with Gasteiger partial charge in [0.25, 0.3) is 0 Å². The number of amides is 1. The van der Waals surface area contributed by atoms with E-state index in [0.29, 0.717) is 12.0 Å². The molecule has 1 amide bonds. The Morgan fingerprint density at radius 1 is 1.43 bits per heavy atom. The lowest BCUT2D eigenvalue weighted by atomic mass is 9.86. The van der Waals surface area contributed by atoms with Crippen LogP contribution >= 0.6 is 0 Å². The standard InChI is InChI=1S/C16H27N3O2/c1-11-9-12(2)19(17-11)13(3)16(21)18(4)15-7-5-14(10-20)6-8-15/h9,13-15,20H,5-8,10H2,1-4H3. The Morgan fingerprint density at radius 3 is 2.52 bits per heavy atom. The van der Waals surface area contributed by atoms with Gasteiger partial charge in [0.1, 0.15) is 6.04 Å². The van der Waals surface area contributed by atoms with Crippen molar-refractivity contribution < 1.29 is 9.90 Å². The Balaban J connectivity index is 2.00. The highest BCUT2D eigenvalue weighted by Crippen LogP contribution is 2.28. The van der Waals surface area contributed by atoms with Crippen molar-refractivity contribution in [3.05, 3.63) is 17.5 Å². The van der Waals surface area contributed by atoms with Gasteiger partial charge in [0.2, 0.25) is 5.91 Å². The van der Waals surface area contributed by atoms with E-state index in [2.05, 4.69) is 5.10 Å². The molecule has 21 heavy (non-hydrogen) atoms. The number of aromatic nitrogens is 2. The summed E-state index contributed by atoms with van der Waals surface area (Å²) in [5, 5.41) is 13.6. The van der Waals surface area contributed by atoms with Crippen molar-refractivity contribution in [3.8, 4) is 0 Å². The summed E-state index contributed by atoms with van der Waals surface area (Å²) >= 11 is 0. The van der Waals surface area contributed by atoms with Crippen molar-refractivity contribution in [1.29, 1.82) is 0 Å². The number of likely N-dealkylation sites (N-methyl/N-ethyl adjacent to an activating group) is 1. The highest BCUT2D eigenvalue weighted by molar-refractivity contribution is 5.80. The van der Waals surface area contributed by atoms with Crippen LogP contribution in [0.4, 0.5) is 0 Å². The van der Waals surface area contributed by atoms with Gasteiger partial charge in [-0.1, -0.05) is 0 Å².